The first kappa shape index (κ1) is 30.2. The SMILES string of the molecule is CCOC(=O)C(c1ccncc1)N1CCC(CNc2ncnc(N(CC)Cc3ccc(C(F)(F)F)cc3)c2F)CC1. The van der Waals surface area contributed by atoms with Crippen LogP contribution in [0.1, 0.15) is 49.4 Å². The molecule has 220 valence electrons. The second-order valence-electron chi connectivity index (χ2n) is 9.86. The number of likely N-dealkylation sites (tertiary alicyclic amines) is 1. The smallest absolute Gasteiger partial charge is 0.416 e. The van der Waals surface area contributed by atoms with Gasteiger partial charge < -0.3 is 15.0 Å². The zero-order valence-corrected chi connectivity index (χ0v) is 23.1. The highest BCUT2D eigenvalue weighted by Crippen LogP contribution is 2.31. The Kier molecular flexibility index (Phi) is 10.1. The van der Waals surface area contributed by atoms with E-state index >= 15 is 4.39 Å². The molecule has 3 heterocycles. The number of benzene rings is 1. The summed E-state index contributed by atoms with van der Waals surface area (Å²) in [6.45, 7) is 6.33. The molecule has 8 nitrogen and oxygen atoms in total. The van der Waals surface area contributed by atoms with Crippen LogP contribution < -0.4 is 10.2 Å². The minimum absolute atomic E-state index is 0.0736. The largest absolute Gasteiger partial charge is 0.465 e. The van der Waals surface area contributed by atoms with Crippen molar-refractivity contribution in [3.63, 3.8) is 0 Å². The lowest BCUT2D eigenvalue weighted by Crippen LogP contribution is -2.42. The second-order valence-corrected chi connectivity index (χ2v) is 9.86. The van der Waals surface area contributed by atoms with E-state index in [2.05, 4.69) is 25.2 Å². The number of pyridine rings is 1. The molecule has 1 N–H and O–H groups in total. The number of aromatic nitrogens is 3. The number of esters is 1. The van der Waals surface area contributed by atoms with E-state index in [1.807, 2.05) is 19.1 Å². The van der Waals surface area contributed by atoms with Crippen LogP contribution in [0.5, 0.6) is 0 Å². The summed E-state index contributed by atoms with van der Waals surface area (Å²) < 4.78 is 59.5. The number of hydrogen-bond donors (Lipinski definition) is 1. The predicted molar refractivity (Wildman–Crippen MR) is 147 cm³/mol. The molecule has 1 aromatic carbocycles. The average Bonchev–Trinajstić information content (AvgIpc) is 2.97. The van der Waals surface area contributed by atoms with Gasteiger partial charge in [0.25, 0.3) is 0 Å². The van der Waals surface area contributed by atoms with Crippen LogP contribution in [0.2, 0.25) is 0 Å². The van der Waals surface area contributed by atoms with Crippen molar-refractivity contribution in [3.8, 4) is 0 Å². The maximum Gasteiger partial charge on any atom is 0.416 e. The van der Waals surface area contributed by atoms with Gasteiger partial charge in [-0.05, 0) is 81.1 Å². The molecule has 1 unspecified atom stereocenters. The van der Waals surface area contributed by atoms with Gasteiger partial charge in [-0.3, -0.25) is 9.88 Å². The molecule has 0 amide bonds. The molecule has 0 saturated carbocycles. The number of anilines is 2. The number of ether oxygens (including phenoxy) is 1. The zero-order valence-electron chi connectivity index (χ0n) is 23.1. The summed E-state index contributed by atoms with van der Waals surface area (Å²) in [5.41, 5.74) is 0.706. The first-order chi connectivity index (χ1) is 19.7. The third-order valence-electron chi connectivity index (χ3n) is 7.21. The highest BCUT2D eigenvalue weighted by molar-refractivity contribution is 5.77. The van der Waals surface area contributed by atoms with Crippen LogP contribution in [-0.2, 0) is 22.3 Å². The number of alkyl halides is 3. The average molecular weight is 575 g/mol. The van der Waals surface area contributed by atoms with Crippen LogP contribution in [0.3, 0.4) is 0 Å². The van der Waals surface area contributed by atoms with Crippen molar-refractivity contribution in [2.24, 2.45) is 5.92 Å². The maximum atomic E-state index is 15.5. The standard InChI is InChI=1S/C29H34F4N6O2/c1-3-38(18-21-5-7-23(8-6-21)29(31,32)33)27-24(30)26(36-19-37-27)35-17-20-11-15-39(16-12-20)25(28(40)41-4-2)22-9-13-34-14-10-22/h5-10,13-14,19-20,25H,3-4,11-12,15-18H2,1-2H3,(H,35,36,37). The summed E-state index contributed by atoms with van der Waals surface area (Å²) in [6, 6.07) is 7.95. The minimum Gasteiger partial charge on any atom is -0.465 e. The Bertz CT molecular complexity index is 1270. The van der Waals surface area contributed by atoms with Crippen molar-refractivity contribution in [3.05, 3.63) is 77.6 Å². The number of carbonyl (C=O) groups excluding carboxylic acids is 1. The summed E-state index contributed by atoms with van der Waals surface area (Å²) in [4.78, 5) is 28.8. The van der Waals surface area contributed by atoms with Gasteiger partial charge in [0.15, 0.2) is 11.6 Å². The van der Waals surface area contributed by atoms with Gasteiger partial charge in [0.05, 0.1) is 12.2 Å². The topological polar surface area (TPSA) is 83.5 Å². The Hall–Kier alpha value is -3.80. The summed E-state index contributed by atoms with van der Waals surface area (Å²) in [5.74, 6) is -0.515. The third-order valence-corrected chi connectivity index (χ3v) is 7.21. The highest BCUT2D eigenvalue weighted by atomic mass is 19.4. The van der Waals surface area contributed by atoms with E-state index in [1.54, 1.807) is 24.2 Å². The van der Waals surface area contributed by atoms with Gasteiger partial charge in [-0.25, -0.2) is 14.8 Å². The summed E-state index contributed by atoms with van der Waals surface area (Å²) in [5, 5.41) is 3.11. The molecule has 12 heteroatoms. The molecule has 1 atom stereocenters. The van der Waals surface area contributed by atoms with Gasteiger partial charge >= 0.3 is 12.1 Å². The van der Waals surface area contributed by atoms with Crippen molar-refractivity contribution in [1.82, 2.24) is 19.9 Å². The Morgan fingerprint density at radius 2 is 1.78 bits per heavy atom. The van der Waals surface area contributed by atoms with Gasteiger partial charge in [-0.2, -0.15) is 17.6 Å². The minimum atomic E-state index is -4.42. The summed E-state index contributed by atoms with van der Waals surface area (Å²) >= 11 is 0. The van der Waals surface area contributed by atoms with Gasteiger partial charge in [-0.15, -0.1) is 0 Å². The van der Waals surface area contributed by atoms with Crippen LogP contribution in [0.15, 0.2) is 55.1 Å². The van der Waals surface area contributed by atoms with Crippen molar-refractivity contribution >= 4 is 17.6 Å². The third kappa shape index (κ3) is 7.69. The molecule has 1 saturated heterocycles. The Morgan fingerprint density at radius 1 is 1.10 bits per heavy atom. The predicted octanol–water partition coefficient (Wildman–Crippen LogP) is 5.48. The molecule has 1 aliphatic heterocycles. The zero-order chi connectivity index (χ0) is 29.4. The van der Waals surface area contributed by atoms with Crippen molar-refractivity contribution in [2.45, 2.75) is 45.5 Å². The monoisotopic (exact) mass is 574 g/mol. The number of nitrogens with zero attached hydrogens (tertiary/aromatic N) is 5. The number of rotatable bonds is 11. The van der Waals surface area contributed by atoms with Crippen molar-refractivity contribution in [1.29, 1.82) is 0 Å². The van der Waals surface area contributed by atoms with Gasteiger partial charge in [-0.1, -0.05) is 12.1 Å². The van der Waals surface area contributed by atoms with Crippen LogP contribution in [0, 0.1) is 11.7 Å². The molecule has 1 aliphatic rings. The normalized spacial score (nSPS) is 15.4. The Balaban J connectivity index is 1.36. The Morgan fingerprint density at radius 3 is 2.39 bits per heavy atom. The van der Waals surface area contributed by atoms with E-state index in [0.29, 0.717) is 38.3 Å². The molecule has 41 heavy (non-hydrogen) atoms. The van der Waals surface area contributed by atoms with E-state index in [1.165, 1.54) is 18.5 Å². The molecule has 0 bridgehead atoms. The molecule has 0 radical (unpaired) electrons. The Labute approximate surface area is 236 Å². The van der Waals surface area contributed by atoms with E-state index < -0.39 is 23.6 Å². The molecule has 1 fully saturated rings. The van der Waals surface area contributed by atoms with Crippen LogP contribution in [0.4, 0.5) is 29.2 Å². The molecule has 0 spiro atoms. The first-order valence-electron chi connectivity index (χ1n) is 13.7. The van der Waals surface area contributed by atoms with Crippen molar-refractivity contribution in [2.75, 3.05) is 43.0 Å². The molecule has 2 aromatic heterocycles. The van der Waals surface area contributed by atoms with E-state index in [0.717, 1.165) is 30.5 Å². The lowest BCUT2D eigenvalue weighted by molar-refractivity contribution is -0.150. The fraction of sp³-hybridized carbons (Fsp3) is 0.448. The number of carbonyl (C=O) groups is 1. The van der Waals surface area contributed by atoms with Gasteiger partial charge in [0, 0.05) is 32.0 Å². The fourth-order valence-electron chi connectivity index (χ4n) is 4.98. The second kappa shape index (κ2) is 13.7. The molecular formula is C29H34F4N6O2. The molecular weight excluding hydrogens is 540 g/mol. The number of hydrogen-bond acceptors (Lipinski definition) is 8. The first-order valence-corrected chi connectivity index (χ1v) is 13.7. The van der Waals surface area contributed by atoms with Crippen molar-refractivity contribution < 1.29 is 27.1 Å². The van der Waals surface area contributed by atoms with Crippen LogP contribution in [-0.4, -0.2) is 58.6 Å². The molecule has 4 rings (SSSR count). The van der Waals surface area contributed by atoms with E-state index in [9.17, 15) is 18.0 Å². The number of halogens is 4. The summed E-state index contributed by atoms with van der Waals surface area (Å²) in [7, 11) is 0. The van der Waals surface area contributed by atoms with Gasteiger partial charge in [0.2, 0.25) is 5.82 Å². The van der Waals surface area contributed by atoms with Crippen LogP contribution >= 0.6 is 0 Å². The lowest BCUT2D eigenvalue weighted by atomic mass is 9.94. The van der Waals surface area contributed by atoms with E-state index in [4.69, 9.17) is 4.74 Å². The maximum absolute atomic E-state index is 15.5. The number of piperidine rings is 1. The highest BCUT2D eigenvalue weighted by Gasteiger charge is 2.32. The summed E-state index contributed by atoms with van der Waals surface area (Å²) in [6.07, 6.45) is 1.77. The number of nitrogens with one attached hydrogen (secondary N) is 1. The fourth-order valence-corrected chi connectivity index (χ4v) is 4.98. The molecule has 3 aromatic rings. The lowest BCUT2D eigenvalue weighted by Gasteiger charge is -2.36. The van der Waals surface area contributed by atoms with Gasteiger partial charge in [0.1, 0.15) is 12.4 Å². The van der Waals surface area contributed by atoms with Crippen LogP contribution in [0.25, 0.3) is 0 Å². The molecule has 0 aliphatic carbocycles. The quantitative estimate of drug-likeness (QED) is 0.238. The van der Waals surface area contributed by atoms with E-state index in [-0.39, 0.29) is 30.1 Å².